The lowest BCUT2D eigenvalue weighted by Crippen LogP contribution is -2.24. The summed E-state index contributed by atoms with van der Waals surface area (Å²) in [5, 5.41) is 2.96. The molecule has 140 valence electrons. The molecule has 2 aromatic rings. The molecule has 1 N–H and O–H groups in total. The first kappa shape index (κ1) is 16.3. The molecular weight excluding hydrogens is 344 g/mol. The Bertz CT molecular complexity index is 905. The Kier molecular flexibility index (Phi) is 3.85. The molecule has 1 atom stereocenters. The third-order valence-corrected chi connectivity index (χ3v) is 5.64. The van der Waals surface area contributed by atoms with Gasteiger partial charge in [-0.25, -0.2) is 0 Å². The SMILES string of the molecule is COc1cc(C2CC(=O)Nc3cc4c(cc32)OCO4)ccc1N1CCCC1. The maximum Gasteiger partial charge on any atom is 0.231 e. The van der Waals surface area contributed by atoms with Crippen molar-refractivity contribution in [1.29, 1.82) is 0 Å². The summed E-state index contributed by atoms with van der Waals surface area (Å²) in [5.41, 5.74) is 4.05. The number of hydrogen-bond donors (Lipinski definition) is 1. The molecule has 0 spiro atoms. The standard InChI is InChI=1S/C21H22N2O4/c1-25-18-8-13(4-5-17(18)23-6-2-3-7-23)14-10-21(24)22-16-11-20-19(9-15(14)16)26-12-27-20/h4-5,8-9,11,14H,2-3,6-7,10,12H2,1H3,(H,22,24). The zero-order valence-electron chi connectivity index (χ0n) is 15.3. The number of nitrogens with zero attached hydrogens (tertiary/aromatic N) is 1. The van der Waals surface area contributed by atoms with E-state index in [-0.39, 0.29) is 18.6 Å². The van der Waals surface area contributed by atoms with E-state index in [4.69, 9.17) is 14.2 Å². The van der Waals surface area contributed by atoms with Crippen LogP contribution in [0, 0.1) is 0 Å². The van der Waals surface area contributed by atoms with Gasteiger partial charge in [-0.1, -0.05) is 6.07 Å². The van der Waals surface area contributed by atoms with Crippen LogP contribution in [-0.2, 0) is 4.79 Å². The molecule has 1 unspecified atom stereocenters. The van der Waals surface area contributed by atoms with Crippen LogP contribution >= 0.6 is 0 Å². The second kappa shape index (κ2) is 6.37. The summed E-state index contributed by atoms with van der Waals surface area (Å²) < 4.78 is 16.7. The minimum Gasteiger partial charge on any atom is -0.495 e. The number of methoxy groups -OCH3 is 1. The van der Waals surface area contributed by atoms with Crippen LogP contribution in [0.3, 0.4) is 0 Å². The fourth-order valence-electron chi connectivity index (χ4n) is 4.28. The Morgan fingerprint density at radius 1 is 1.11 bits per heavy atom. The highest BCUT2D eigenvalue weighted by Crippen LogP contribution is 2.46. The van der Waals surface area contributed by atoms with Gasteiger partial charge >= 0.3 is 0 Å². The number of carbonyl (C=O) groups excluding carboxylic acids is 1. The first-order valence-electron chi connectivity index (χ1n) is 9.39. The van der Waals surface area contributed by atoms with Crippen LogP contribution in [0.25, 0.3) is 0 Å². The lowest BCUT2D eigenvalue weighted by atomic mass is 9.84. The Hall–Kier alpha value is -2.89. The molecule has 0 aliphatic carbocycles. The minimum atomic E-state index is -0.0372. The number of amides is 1. The summed E-state index contributed by atoms with van der Waals surface area (Å²) in [7, 11) is 1.71. The van der Waals surface area contributed by atoms with Gasteiger partial charge in [0.15, 0.2) is 11.5 Å². The van der Waals surface area contributed by atoms with Crippen LogP contribution in [-0.4, -0.2) is 32.9 Å². The molecule has 3 aliphatic heterocycles. The maximum absolute atomic E-state index is 12.3. The second-order valence-corrected chi connectivity index (χ2v) is 7.22. The van der Waals surface area contributed by atoms with Crippen LogP contribution in [0.15, 0.2) is 30.3 Å². The number of carbonyl (C=O) groups is 1. The molecule has 0 aromatic heterocycles. The number of nitrogens with one attached hydrogen (secondary N) is 1. The molecule has 1 fully saturated rings. The molecule has 6 nitrogen and oxygen atoms in total. The van der Waals surface area contributed by atoms with E-state index in [0.717, 1.165) is 47.1 Å². The van der Waals surface area contributed by atoms with Gasteiger partial charge in [0, 0.05) is 37.2 Å². The number of anilines is 2. The zero-order valence-corrected chi connectivity index (χ0v) is 15.3. The van der Waals surface area contributed by atoms with Gasteiger partial charge in [0.2, 0.25) is 12.7 Å². The lowest BCUT2D eigenvalue weighted by Gasteiger charge is -2.28. The van der Waals surface area contributed by atoms with E-state index in [0.29, 0.717) is 12.2 Å². The topological polar surface area (TPSA) is 60.0 Å². The van der Waals surface area contributed by atoms with Crippen LogP contribution < -0.4 is 24.4 Å². The average Bonchev–Trinajstić information content (AvgIpc) is 3.36. The van der Waals surface area contributed by atoms with Crippen molar-refractivity contribution < 1.29 is 19.0 Å². The predicted octanol–water partition coefficient (Wildman–Crippen LogP) is 3.50. The Balaban J connectivity index is 1.56. The number of ether oxygens (including phenoxy) is 3. The van der Waals surface area contributed by atoms with Crippen molar-refractivity contribution in [3.8, 4) is 17.2 Å². The quantitative estimate of drug-likeness (QED) is 0.901. The highest BCUT2D eigenvalue weighted by molar-refractivity contribution is 5.96. The van der Waals surface area contributed by atoms with E-state index in [1.54, 1.807) is 7.11 Å². The maximum atomic E-state index is 12.3. The van der Waals surface area contributed by atoms with E-state index in [1.807, 2.05) is 12.1 Å². The predicted molar refractivity (Wildman–Crippen MR) is 102 cm³/mol. The van der Waals surface area contributed by atoms with E-state index in [9.17, 15) is 4.79 Å². The van der Waals surface area contributed by atoms with Crippen LogP contribution in [0.4, 0.5) is 11.4 Å². The fourth-order valence-corrected chi connectivity index (χ4v) is 4.28. The Labute approximate surface area is 158 Å². The summed E-state index contributed by atoms with van der Waals surface area (Å²) in [6.45, 7) is 2.34. The molecule has 3 heterocycles. The molecule has 0 saturated carbocycles. The van der Waals surface area contributed by atoms with Crippen molar-refractivity contribution in [3.05, 3.63) is 41.5 Å². The summed E-state index contributed by atoms with van der Waals surface area (Å²) in [5.74, 6) is 2.24. The zero-order chi connectivity index (χ0) is 18.4. The first-order valence-corrected chi connectivity index (χ1v) is 9.39. The van der Waals surface area contributed by atoms with Gasteiger partial charge in [-0.3, -0.25) is 4.79 Å². The molecule has 27 heavy (non-hydrogen) atoms. The third kappa shape index (κ3) is 2.76. The number of benzene rings is 2. The Morgan fingerprint density at radius 2 is 1.89 bits per heavy atom. The molecule has 1 saturated heterocycles. The first-order chi connectivity index (χ1) is 13.2. The van der Waals surface area contributed by atoms with Crippen molar-refractivity contribution in [2.45, 2.75) is 25.2 Å². The second-order valence-electron chi connectivity index (χ2n) is 7.22. The third-order valence-electron chi connectivity index (χ3n) is 5.64. The van der Waals surface area contributed by atoms with Crippen LogP contribution in [0.2, 0.25) is 0 Å². The van der Waals surface area contributed by atoms with E-state index < -0.39 is 0 Å². The van der Waals surface area contributed by atoms with Gasteiger partial charge in [0.05, 0.1) is 12.8 Å². The van der Waals surface area contributed by atoms with Gasteiger partial charge in [0.1, 0.15) is 5.75 Å². The van der Waals surface area contributed by atoms with E-state index in [1.165, 1.54) is 12.8 Å². The normalized spacial score (nSPS) is 20.4. The average molecular weight is 366 g/mol. The highest BCUT2D eigenvalue weighted by atomic mass is 16.7. The summed E-state index contributed by atoms with van der Waals surface area (Å²) in [4.78, 5) is 14.7. The molecule has 6 heteroatoms. The van der Waals surface area contributed by atoms with Gasteiger partial charge < -0.3 is 24.4 Å². The molecule has 5 rings (SSSR count). The van der Waals surface area contributed by atoms with Gasteiger partial charge in [0.25, 0.3) is 0 Å². The van der Waals surface area contributed by atoms with Crippen molar-refractivity contribution in [2.75, 3.05) is 37.2 Å². The van der Waals surface area contributed by atoms with Crippen molar-refractivity contribution in [2.24, 2.45) is 0 Å². The fraction of sp³-hybridized carbons (Fsp3) is 0.381. The minimum absolute atomic E-state index is 0.00829. The van der Waals surface area contributed by atoms with Crippen molar-refractivity contribution in [1.82, 2.24) is 0 Å². The largest absolute Gasteiger partial charge is 0.495 e. The summed E-state index contributed by atoms with van der Waals surface area (Å²) >= 11 is 0. The van der Waals surface area contributed by atoms with Gasteiger partial charge in [-0.15, -0.1) is 0 Å². The van der Waals surface area contributed by atoms with Crippen molar-refractivity contribution >= 4 is 17.3 Å². The molecule has 1 amide bonds. The van der Waals surface area contributed by atoms with Gasteiger partial charge in [-0.2, -0.15) is 0 Å². The summed E-state index contributed by atoms with van der Waals surface area (Å²) in [6.07, 6.45) is 2.83. The molecule has 2 aromatic carbocycles. The van der Waals surface area contributed by atoms with Crippen molar-refractivity contribution in [3.63, 3.8) is 0 Å². The number of hydrogen-bond acceptors (Lipinski definition) is 5. The monoisotopic (exact) mass is 366 g/mol. The highest BCUT2D eigenvalue weighted by Gasteiger charge is 2.30. The lowest BCUT2D eigenvalue weighted by molar-refractivity contribution is -0.116. The Morgan fingerprint density at radius 3 is 2.67 bits per heavy atom. The smallest absolute Gasteiger partial charge is 0.231 e. The van der Waals surface area contributed by atoms with Crippen LogP contribution in [0.5, 0.6) is 17.2 Å². The summed E-state index contributed by atoms with van der Waals surface area (Å²) in [6, 6.07) is 10.2. The number of fused-ring (bicyclic) bond motifs is 2. The van der Waals surface area contributed by atoms with E-state index in [2.05, 4.69) is 28.4 Å². The molecule has 3 aliphatic rings. The number of rotatable bonds is 3. The molecular formula is C21H22N2O4. The molecule has 0 radical (unpaired) electrons. The van der Waals surface area contributed by atoms with Crippen LogP contribution in [0.1, 0.15) is 36.3 Å². The van der Waals surface area contributed by atoms with E-state index >= 15 is 0 Å². The van der Waals surface area contributed by atoms with Gasteiger partial charge in [-0.05, 0) is 42.2 Å². The molecule has 0 bridgehead atoms.